The molecule has 122 valence electrons. The maximum Gasteiger partial charge on any atom is 0.354 e. The molecule has 2 N–H and O–H groups in total. The van der Waals surface area contributed by atoms with Gasteiger partial charge in [-0.25, -0.2) is 14.6 Å². The Balaban J connectivity index is 3.34. The van der Waals surface area contributed by atoms with E-state index in [1.165, 1.54) is 0 Å². The molecule has 0 spiro atoms. The molecule has 0 heterocycles. The molecule has 0 aromatic heterocycles. The van der Waals surface area contributed by atoms with Crippen molar-refractivity contribution < 1.29 is 33.7 Å². The monoisotopic (exact) mass is 322 g/mol. The second-order valence-electron chi connectivity index (χ2n) is 4.52. The van der Waals surface area contributed by atoms with Gasteiger partial charge in [-0.2, -0.15) is 0 Å². The van der Waals surface area contributed by atoms with Crippen LogP contribution in [0.4, 0.5) is 0 Å². The lowest BCUT2D eigenvalue weighted by molar-refractivity contribution is -0.287. The van der Waals surface area contributed by atoms with Crippen molar-refractivity contribution in [2.24, 2.45) is 0 Å². The Morgan fingerprint density at radius 1 is 1.05 bits per heavy atom. The van der Waals surface area contributed by atoms with E-state index in [1.807, 2.05) is 0 Å². The van der Waals surface area contributed by atoms with Crippen LogP contribution in [-0.4, -0.2) is 35.6 Å². The van der Waals surface area contributed by atoms with Crippen molar-refractivity contribution in [2.45, 2.75) is 32.6 Å². The summed E-state index contributed by atoms with van der Waals surface area (Å²) >= 11 is 0. The number of hydrogen-bond acceptors (Lipinski definition) is 5. The van der Waals surface area contributed by atoms with Crippen molar-refractivity contribution in [3.63, 3.8) is 0 Å². The number of carbonyl (C=O) groups is 1. The number of ether oxygens (including phenoxy) is 1. The first-order chi connectivity index (χ1) is 9.75. The molecule has 7 nitrogen and oxygen atoms in total. The van der Waals surface area contributed by atoms with Crippen molar-refractivity contribution in [3.8, 4) is 0 Å². The molecule has 0 amide bonds. The summed E-state index contributed by atoms with van der Waals surface area (Å²) in [6.07, 6.45) is 3.24. The van der Waals surface area contributed by atoms with Crippen LogP contribution in [0.25, 0.3) is 0 Å². The Hall–Kier alpha value is -0.980. The van der Waals surface area contributed by atoms with Crippen LogP contribution in [0.1, 0.15) is 32.6 Å². The minimum atomic E-state index is -4.29. The maximum atomic E-state index is 11.1. The van der Waals surface area contributed by atoms with Gasteiger partial charge >= 0.3 is 13.6 Å². The molecule has 0 fully saturated rings. The van der Waals surface area contributed by atoms with E-state index in [-0.39, 0.29) is 17.9 Å². The fourth-order valence-electron chi connectivity index (χ4n) is 1.16. The predicted octanol–water partition coefficient (Wildman–Crippen LogP) is 2.31. The van der Waals surface area contributed by atoms with Crippen molar-refractivity contribution in [3.05, 3.63) is 24.0 Å². The highest BCUT2D eigenvalue weighted by Gasteiger charge is 2.18. The lowest BCUT2D eigenvalue weighted by Gasteiger charge is -2.08. The second kappa shape index (κ2) is 10.7. The predicted molar refractivity (Wildman–Crippen MR) is 77.3 cm³/mol. The molecule has 0 atom stereocenters. The highest BCUT2D eigenvalue weighted by Crippen LogP contribution is 2.43. The van der Waals surface area contributed by atoms with Crippen LogP contribution in [0.2, 0.25) is 0 Å². The second-order valence-corrected chi connectivity index (χ2v) is 6.25. The molecule has 0 aliphatic carbocycles. The van der Waals surface area contributed by atoms with Crippen LogP contribution in [-0.2, 0) is 23.9 Å². The minimum absolute atomic E-state index is 0.318. The van der Waals surface area contributed by atoms with Crippen molar-refractivity contribution in [2.75, 3.05) is 19.8 Å². The average Bonchev–Trinajstić information content (AvgIpc) is 2.38. The first-order valence-electron chi connectivity index (χ1n) is 6.56. The van der Waals surface area contributed by atoms with Crippen molar-refractivity contribution in [1.82, 2.24) is 0 Å². The zero-order chi connectivity index (χ0) is 16.3. The van der Waals surface area contributed by atoms with E-state index in [0.717, 1.165) is 25.7 Å². The fourth-order valence-corrected chi connectivity index (χ4v) is 1.38. The fraction of sp³-hybridized carbons (Fsp3) is 0.615. The van der Waals surface area contributed by atoms with Crippen molar-refractivity contribution in [1.29, 1.82) is 0 Å². The van der Waals surface area contributed by atoms with Gasteiger partial charge in [-0.3, -0.25) is 4.57 Å². The maximum absolute atomic E-state index is 11.1. The molecule has 21 heavy (non-hydrogen) atoms. The van der Waals surface area contributed by atoms with E-state index in [9.17, 15) is 9.36 Å². The third-order valence-electron chi connectivity index (χ3n) is 2.42. The summed E-state index contributed by atoms with van der Waals surface area (Å²) < 4.78 is 15.6. The SMILES string of the molecule is C=C(C)C(=O)OCCCCCCOOCC(=C)P(=O)(O)O. The first-order valence-corrected chi connectivity index (χ1v) is 8.17. The quantitative estimate of drug-likeness (QED) is 0.142. The first kappa shape index (κ1) is 20.0. The molecule has 8 heteroatoms. The Kier molecular flexibility index (Phi) is 10.2. The van der Waals surface area contributed by atoms with Crippen LogP contribution in [0.3, 0.4) is 0 Å². The summed E-state index contributed by atoms with van der Waals surface area (Å²) in [5, 5.41) is -0.318. The van der Waals surface area contributed by atoms with E-state index in [1.54, 1.807) is 6.92 Å². The Morgan fingerprint density at radius 2 is 1.62 bits per heavy atom. The highest BCUT2D eigenvalue weighted by atomic mass is 31.2. The molecule has 0 saturated heterocycles. The van der Waals surface area contributed by atoms with Crippen molar-refractivity contribution >= 4 is 13.6 Å². The van der Waals surface area contributed by atoms with Crippen LogP contribution < -0.4 is 0 Å². The highest BCUT2D eigenvalue weighted by molar-refractivity contribution is 7.56. The van der Waals surface area contributed by atoms with Gasteiger partial charge in [0.25, 0.3) is 0 Å². The molecule has 0 aliphatic rings. The standard InChI is InChI=1S/C13H23O7P/c1-11(2)13(14)18-8-6-4-5-7-9-19-20-10-12(3)21(15,16)17/h1,3-10H2,2H3,(H2,15,16,17). The lowest BCUT2D eigenvalue weighted by atomic mass is 10.2. The lowest BCUT2D eigenvalue weighted by Crippen LogP contribution is -2.06. The largest absolute Gasteiger partial charge is 0.462 e. The van der Waals surface area contributed by atoms with E-state index in [2.05, 4.69) is 18.0 Å². The molecule has 0 unspecified atom stereocenters. The smallest absolute Gasteiger partial charge is 0.354 e. The van der Waals surface area contributed by atoms with Gasteiger partial charge in [-0.1, -0.05) is 19.6 Å². The third-order valence-corrected chi connectivity index (χ3v) is 3.38. The molecule has 0 aliphatic heterocycles. The van der Waals surface area contributed by atoms with E-state index >= 15 is 0 Å². The Bertz CT molecular complexity index is 399. The number of rotatable bonds is 12. The van der Waals surface area contributed by atoms with E-state index in [0.29, 0.717) is 18.8 Å². The van der Waals surface area contributed by atoms with Gasteiger partial charge in [0.1, 0.15) is 6.61 Å². The number of unbranched alkanes of at least 4 members (excludes halogenated alkanes) is 3. The van der Waals surface area contributed by atoms with Gasteiger partial charge in [0.2, 0.25) is 0 Å². The molecule has 0 aromatic rings. The summed E-state index contributed by atoms with van der Waals surface area (Å²) in [7, 11) is -4.29. The summed E-state index contributed by atoms with van der Waals surface area (Å²) in [6, 6.07) is 0. The van der Waals surface area contributed by atoms with Crippen LogP contribution >= 0.6 is 7.60 Å². The van der Waals surface area contributed by atoms with Gasteiger partial charge < -0.3 is 14.5 Å². The zero-order valence-electron chi connectivity index (χ0n) is 12.2. The molecular weight excluding hydrogens is 299 g/mol. The van der Waals surface area contributed by atoms with E-state index < -0.39 is 7.60 Å². The summed E-state index contributed by atoms with van der Waals surface area (Å²) in [5.41, 5.74) is 0.387. The minimum Gasteiger partial charge on any atom is -0.462 e. The van der Waals surface area contributed by atoms with E-state index in [4.69, 9.17) is 19.4 Å². The number of carbonyl (C=O) groups excluding carboxylic acids is 1. The number of hydrogen-bond donors (Lipinski definition) is 2. The van der Waals surface area contributed by atoms with Crippen LogP contribution in [0.5, 0.6) is 0 Å². The van der Waals surface area contributed by atoms with Gasteiger partial charge in [0, 0.05) is 5.57 Å². The van der Waals surface area contributed by atoms with Gasteiger partial charge in [0.15, 0.2) is 0 Å². The Labute approximate surface area is 124 Å². The van der Waals surface area contributed by atoms with Gasteiger partial charge in [-0.05, 0) is 26.2 Å². The van der Waals surface area contributed by atoms with Crippen LogP contribution in [0, 0.1) is 0 Å². The molecular formula is C13H23O7P. The molecule has 0 rings (SSSR count). The van der Waals surface area contributed by atoms with Gasteiger partial charge in [0.05, 0.1) is 18.5 Å². The number of esters is 1. The van der Waals surface area contributed by atoms with Gasteiger partial charge in [-0.15, -0.1) is 0 Å². The summed E-state index contributed by atoms with van der Waals surface area (Å²) in [5.74, 6) is -0.378. The normalized spacial score (nSPS) is 11.2. The molecule has 0 saturated carbocycles. The summed E-state index contributed by atoms with van der Waals surface area (Å²) in [4.78, 5) is 37.9. The van der Waals surface area contributed by atoms with Crippen LogP contribution in [0.15, 0.2) is 24.0 Å². The molecule has 0 aromatic carbocycles. The Morgan fingerprint density at radius 3 is 2.14 bits per heavy atom. The molecule has 0 bridgehead atoms. The molecule has 0 radical (unpaired) electrons. The zero-order valence-corrected chi connectivity index (χ0v) is 13.1. The summed E-state index contributed by atoms with van der Waals surface area (Å²) in [6.45, 7) is 8.64. The topological polar surface area (TPSA) is 102 Å². The average molecular weight is 322 g/mol. The third kappa shape index (κ3) is 11.4.